The van der Waals surface area contributed by atoms with E-state index in [-0.39, 0.29) is 5.69 Å². The lowest BCUT2D eigenvalue weighted by Crippen LogP contribution is -2.56. The molecular weight excluding hydrogens is 214 g/mol. The molecule has 0 aliphatic heterocycles. The van der Waals surface area contributed by atoms with Crippen LogP contribution in [0.1, 0.15) is 19.3 Å². The standard InChI is InChI=1S/C11H12F2N2O/c12-7-3-1-4-8(9(7)13)15-10(16)11(14)5-2-6-11/h1,3-4H,2,5-6,14H2,(H,15,16). The van der Waals surface area contributed by atoms with Crippen molar-refractivity contribution in [1.29, 1.82) is 0 Å². The maximum Gasteiger partial charge on any atom is 0.244 e. The second kappa shape index (κ2) is 3.83. The predicted molar refractivity (Wildman–Crippen MR) is 55.8 cm³/mol. The summed E-state index contributed by atoms with van der Waals surface area (Å²) in [7, 11) is 0. The minimum absolute atomic E-state index is 0.165. The van der Waals surface area contributed by atoms with Gasteiger partial charge in [0.15, 0.2) is 11.6 Å². The second-order valence-electron chi connectivity index (χ2n) is 4.07. The van der Waals surface area contributed by atoms with E-state index in [2.05, 4.69) is 5.32 Å². The first-order chi connectivity index (χ1) is 7.53. The van der Waals surface area contributed by atoms with Crippen molar-refractivity contribution in [3.05, 3.63) is 29.8 Å². The number of amides is 1. The lowest BCUT2D eigenvalue weighted by molar-refractivity contribution is -0.123. The molecule has 0 heterocycles. The number of halogens is 2. The minimum atomic E-state index is -1.06. The molecule has 0 aromatic heterocycles. The lowest BCUT2D eigenvalue weighted by atomic mass is 9.77. The maximum absolute atomic E-state index is 13.2. The van der Waals surface area contributed by atoms with Gasteiger partial charge in [-0.1, -0.05) is 6.07 Å². The van der Waals surface area contributed by atoms with Crippen LogP contribution in [0.4, 0.5) is 14.5 Å². The molecule has 5 heteroatoms. The van der Waals surface area contributed by atoms with E-state index in [0.29, 0.717) is 12.8 Å². The Morgan fingerprint density at radius 1 is 1.38 bits per heavy atom. The van der Waals surface area contributed by atoms with Crippen LogP contribution in [0.15, 0.2) is 18.2 Å². The second-order valence-corrected chi connectivity index (χ2v) is 4.07. The molecule has 3 N–H and O–H groups in total. The summed E-state index contributed by atoms with van der Waals surface area (Å²) in [5, 5.41) is 2.31. The third kappa shape index (κ3) is 1.78. The summed E-state index contributed by atoms with van der Waals surface area (Å²) in [6, 6.07) is 3.63. The maximum atomic E-state index is 13.2. The molecule has 3 nitrogen and oxygen atoms in total. The highest BCUT2D eigenvalue weighted by Crippen LogP contribution is 2.30. The first-order valence-corrected chi connectivity index (χ1v) is 5.07. The van der Waals surface area contributed by atoms with Crippen LogP contribution < -0.4 is 11.1 Å². The van der Waals surface area contributed by atoms with Gasteiger partial charge >= 0.3 is 0 Å². The Balaban J connectivity index is 2.15. The number of carbonyl (C=O) groups is 1. The number of hydrogen-bond donors (Lipinski definition) is 2. The van der Waals surface area contributed by atoms with Gasteiger partial charge in [0.2, 0.25) is 5.91 Å². The molecule has 1 aromatic rings. The summed E-state index contributed by atoms with van der Waals surface area (Å²) in [6.07, 6.45) is 2.04. The number of benzene rings is 1. The molecule has 2 rings (SSSR count). The summed E-state index contributed by atoms with van der Waals surface area (Å²) >= 11 is 0. The van der Waals surface area contributed by atoms with Gasteiger partial charge in [-0.3, -0.25) is 4.79 Å². The van der Waals surface area contributed by atoms with E-state index in [1.165, 1.54) is 12.1 Å². The Morgan fingerprint density at radius 3 is 2.62 bits per heavy atom. The minimum Gasteiger partial charge on any atom is -0.322 e. The van der Waals surface area contributed by atoms with Gasteiger partial charge in [0, 0.05) is 0 Å². The number of carbonyl (C=O) groups excluding carboxylic acids is 1. The fraction of sp³-hybridized carbons (Fsp3) is 0.364. The number of nitrogens with two attached hydrogens (primary N) is 1. The Morgan fingerprint density at radius 2 is 2.06 bits per heavy atom. The normalized spacial score (nSPS) is 17.7. The zero-order valence-electron chi connectivity index (χ0n) is 8.59. The van der Waals surface area contributed by atoms with Crippen molar-refractivity contribution in [1.82, 2.24) is 0 Å². The molecule has 1 aliphatic rings. The molecule has 16 heavy (non-hydrogen) atoms. The summed E-state index contributed by atoms with van der Waals surface area (Å²) in [4.78, 5) is 11.7. The number of anilines is 1. The van der Waals surface area contributed by atoms with Crippen molar-refractivity contribution in [2.75, 3.05) is 5.32 Å². The van der Waals surface area contributed by atoms with E-state index >= 15 is 0 Å². The van der Waals surface area contributed by atoms with Gasteiger partial charge in [-0.05, 0) is 31.4 Å². The van der Waals surface area contributed by atoms with Crippen LogP contribution >= 0.6 is 0 Å². The summed E-state index contributed by atoms with van der Waals surface area (Å²) in [5.74, 6) is -2.50. The Hall–Kier alpha value is -1.49. The molecule has 0 bridgehead atoms. The fourth-order valence-corrected chi connectivity index (χ4v) is 1.63. The molecule has 86 valence electrons. The van der Waals surface area contributed by atoms with Gasteiger partial charge < -0.3 is 11.1 Å². The largest absolute Gasteiger partial charge is 0.322 e. The van der Waals surface area contributed by atoms with Crippen LogP contribution in [0.25, 0.3) is 0 Å². The predicted octanol–water partition coefficient (Wildman–Crippen LogP) is 1.78. The zero-order valence-corrected chi connectivity index (χ0v) is 8.59. The summed E-state index contributed by atoms with van der Waals surface area (Å²) < 4.78 is 26.1. The molecule has 0 spiro atoms. The van der Waals surface area contributed by atoms with Gasteiger partial charge in [0.05, 0.1) is 11.2 Å². The van der Waals surface area contributed by atoms with Gasteiger partial charge in [-0.2, -0.15) is 0 Å². The molecular formula is C11H12F2N2O. The van der Waals surface area contributed by atoms with E-state index in [9.17, 15) is 13.6 Å². The average Bonchev–Trinajstić information content (AvgIpc) is 2.21. The van der Waals surface area contributed by atoms with Gasteiger partial charge in [-0.15, -0.1) is 0 Å². The first kappa shape index (κ1) is 11.0. The van der Waals surface area contributed by atoms with Gasteiger partial charge in [-0.25, -0.2) is 8.78 Å². The van der Waals surface area contributed by atoms with Crippen molar-refractivity contribution >= 4 is 11.6 Å². The highest BCUT2D eigenvalue weighted by atomic mass is 19.2. The molecule has 1 fully saturated rings. The van der Waals surface area contributed by atoms with Crippen molar-refractivity contribution in [3.63, 3.8) is 0 Å². The smallest absolute Gasteiger partial charge is 0.244 e. The number of rotatable bonds is 2. The molecule has 0 saturated heterocycles. The van der Waals surface area contributed by atoms with Crippen molar-refractivity contribution in [2.45, 2.75) is 24.8 Å². The molecule has 0 radical (unpaired) electrons. The van der Waals surface area contributed by atoms with E-state index in [1.807, 2.05) is 0 Å². The fourth-order valence-electron chi connectivity index (χ4n) is 1.63. The average molecular weight is 226 g/mol. The summed E-state index contributed by atoms with van der Waals surface area (Å²) in [5.41, 5.74) is 4.67. The molecule has 0 atom stereocenters. The van der Waals surface area contributed by atoms with Crippen LogP contribution in [-0.2, 0) is 4.79 Å². The molecule has 1 aromatic carbocycles. The Kier molecular flexibility index (Phi) is 2.63. The topological polar surface area (TPSA) is 55.1 Å². The Bertz CT molecular complexity index is 430. The summed E-state index contributed by atoms with van der Waals surface area (Å²) in [6.45, 7) is 0. The molecule has 0 unspecified atom stereocenters. The molecule has 1 aliphatic carbocycles. The number of hydrogen-bond acceptors (Lipinski definition) is 2. The highest BCUT2D eigenvalue weighted by molar-refractivity contribution is 5.98. The quantitative estimate of drug-likeness (QED) is 0.807. The van der Waals surface area contributed by atoms with Crippen LogP contribution in [0, 0.1) is 11.6 Å². The SMILES string of the molecule is NC1(C(=O)Nc2cccc(F)c2F)CCC1. The third-order valence-electron chi connectivity index (χ3n) is 2.90. The number of nitrogens with one attached hydrogen (secondary N) is 1. The van der Waals surface area contributed by atoms with Crippen LogP contribution in [-0.4, -0.2) is 11.4 Å². The molecule has 1 amide bonds. The third-order valence-corrected chi connectivity index (χ3v) is 2.90. The first-order valence-electron chi connectivity index (χ1n) is 5.07. The zero-order chi connectivity index (χ0) is 11.8. The van der Waals surface area contributed by atoms with E-state index in [0.717, 1.165) is 12.5 Å². The monoisotopic (exact) mass is 226 g/mol. The highest BCUT2D eigenvalue weighted by Gasteiger charge is 2.40. The van der Waals surface area contributed by atoms with Crippen LogP contribution in [0.3, 0.4) is 0 Å². The van der Waals surface area contributed by atoms with Crippen molar-refractivity contribution in [3.8, 4) is 0 Å². The van der Waals surface area contributed by atoms with E-state index < -0.39 is 23.1 Å². The van der Waals surface area contributed by atoms with Crippen LogP contribution in [0.5, 0.6) is 0 Å². The van der Waals surface area contributed by atoms with Gasteiger partial charge in [0.1, 0.15) is 0 Å². The Labute approximate surface area is 91.6 Å². The van der Waals surface area contributed by atoms with Gasteiger partial charge in [0.25, 0.3) is 0 Å². The van der Waals surface area contributed by atoms with Crippen molar-refractivity contribution in [2.24, 2.45) is 5.73 Å². The van der Waals surface area contributed by atoms with E-state index in [1.54, 1.807) is 0 Å². The molecule has 1 saturated carbocycles. The van der Waals surface area contributed by atoms with E-state index in [4.69, 9.17) is 5.73 Å². The van der Waals surface area contributed by atoms with Crippen LogP contribution in [0.2, 0.25) is 0 Å². The van der Waals surface area contributed by atoms with Crippen molar-refractivity contribution < 1.29 is 13.6 Å². The lowest BCUT2D eigenvalue weighted by Gasteiger charge is -2.36.